The van der Waals surface area contributed by atoms with Crippen molar-refractivity contribution in [1.82, 2.24) is 0 Å². The fourth-order valence-corrected chi connectivity index (χ4v) is 2.83. The number of amides is 1. The number of carbonyl (C=O) groups is 2. The van der Waals surface area contributed by atoms with Crippen molar-refractivity contribution in [3.63, 3.8) is 0 Å². The van der Waals surface area contributed by atoms with Crippen LogP contribution in [-0.4, -0.2) is 17.0 Å². The number of halogens is 1. The Morgan fingerprint density at radius 2 is 1.95 bits per heavy atom. The molecule has 0 heterocycles. The minimum absolute atomic E-state index is 0.0615. The normalized spacial score (nSPS) is 15.8. The van der Waals surface area contributed by atoms with Crippen LogP contribution in [0.4, 0.5) is 5.69 Å². The fourth-order valence-electron chi connectivity index (χ4n) is 2.66. The average Bonchev–Trinajstić information content (AvgIpc) is 2.39. The van der Waals surface area contributed by atoms with E-state index in [0.29, 0.717) is 17.4 Å². The summed E-state index contributed by atoms with van der Waals surface area (Å²) in [4.78, 5) is 23.1. The van der Waals surface area contributed by atoms with Crippen molar-refractivity contribution in [2.45, 2.75) is 38.5 Å². The predicted molar refractivity (Wildman–Crippen MR) is 78.2 cm³/mol. The van der Waals surface area contributed by atoms with Gasteiger partial charge in [0.05, 0.1) is 11.3 Å². The van der Waals surface area contributed by atoms with Crippen LogP contribution in [-0.2, 0) is 4.79 Å². The second-order valence-corrected chi connectivity index (χ2v) is 5.69. The number of hydrogen-bond donors (Lipinski definition) is 2. The lowest BCUT2D eigenvalue weighted by atomic mass is 9.87. The van der Waals surface area contributed by atoms with Crippen molar-refractivity contribution in [3.8, 4) is 0 Å². The van der Waals surface area contributed by atoms with Crippen LogP contribution in [0.2, 0.25) is 5.02 Å². The summed E-state index contributed by atoms with van der Waals surface area (Å²) < 4.78 is 0. The Hall–Kier alpha value is -1.55. The molecule has 1 saturated carbocycles. The van der Waals surface area contributed by atoms with Gasteiger partial charge in [0, 0.05) is 11.4 Å². The van der Waals surface area contributed by atoms with Gasteiger partial charge in [-0.3, -0.25) is 4.79 Å². The van der Waals surface area contributed by atoms with Crippen LogP contribution >= 0.6 is 11.6 Å². The molecule has 1 fully saturated rings. The Morgan fingerprint density at radius 1 is 1.25 bits per heavy atom. The summed E-state index contributed by atoms with van der Waals surface area (Å²) in [5.41, 5.74) is 0.331. The van der Waals surface area contributed by atoms with E-state index in [1.165, 1.54) is 37.5 Å². The zero-order chi connectivity index (χ0) is 14.5. The molecule has 5 heteroatoms. The lowest BCUT2D eigenvalue weighted by Crippen LogP contribution is -2.19. The number of hydrogen-bond acceptors (Lipinski definition) is 2. The highest BCUT2D eigenvalue weighted by atomic mass is 35.5. The summed E-state index contributed by atoms with van der Waals surface area (Å²) in [6, 6.07) is 4.38. The Labute approximate surface area is 123 Å². The largest absolute Gasteiger partial charge is 0.478 e. The molecule has 0 unspecified atom stereocenters. The average molecular weight is 296 g/mol. The summed E-state index contributed by atoms with van der Waals surface area (Å²) in [5.74, 6) is -0.799. The highest BCUT2D eigenvalue weighted by molar-refractivity contribution is 6.31. The van der Waals surface area contributed by atoms with Gasteiger partial charge in [-0.2, -0.15) is 0 Å². The third-order valence-corrected chi connectivity index (χ3v) is 3.92. The van der Waals surface area contributed by atoms with E-state index in [1.807, 2.05) is 0 Å². The van der Waals surface area contributed by atoms with Crippen LogP contribution in [0, 0.1) is 5.92 Å². The van der Waals surface area contributed by atoms with Crippen molar-refractivity contribution >= 4 is 29.2 Å². The zero-order valence-corrected chi connectivity index (χ0v) is 11.9. The van der Waals surface area contributed by atoms with Crippen LogP contribution < -0.4 is 5.32 Å². The van der Waals surface area contributed by atoms with Gasteiger partial charge in [0.15, 0.2) is 0 Å². The Kier molecular flexibility index (Phi) is 5.01. The van der Waals surface area contributed by atoms with Crippen molar-refractivity contribution in [3.05, 3.63) is 28.8 Å². The van der Waals surface area contributed by atoms with Crippen molar-refractivity contribution in [2.24, 2.45) is 5.92 Å². The summed E-state index contributed by atoms with van der Waals surface area (Å²) in [6.07, 6.45) is 6.20. The molecule has 0 bridgehead atoms. The lowest BCUT2D eigenvalue weighted by Gasteiger charge is -2.21. The number of carboxylic acids is 1. The first kappa shape index (κ1) is 14.9. The Bertz CT molecular complexity index is 510. The topological polar surface area (TPSA) is 66.4 Å². The minimum atomic E-state index is -1.07. The maximum absolute atomic E-state index is 12.0. The number of carboxylic acid groups (broad SMARTS) is 1. The SMILES string of the molecule is O=C(CC1CCCCC1)Nc1cc(Cl)ccc1C(=O)O. The molecule has 0 spiro atoms. The number of aromatic carboxylic acids is 1. The van der Waals surface area contributed by atoms with Gasteiger partial charge in [0.1, 0.15) is 0 Å². The van der Waals surface area contributed by atoms with Gasteiger partial charge < -0.3 is 10.4 Å². The van der Waals surface area contributed by atoms with Crippen LogP contribution in [0.1, 0.15) is 48.9 Å². The minimum Gasteiger partial charge on any atom is -0.478 e. The number of anilines is 1. The molecule has 108 valence electrons. The standard InChI is InChI=1S/C15H18ClNO3/c16-11-6-7-12(15(19)20)13(9-11)17-14(18)8-10-4-2-1-3-5-10/h6-7,9-10H,1-5,8H2,(H,17,18)(H,19,20). The molecule has 0 aliphatic heterocycles. The van der Waals surface area contributed by atoms with Gasteiger partial charge in [-0.15, -0.1) is 0 Å². The zero-order valence-electron chi connectivity index (χ0n) is 11.2. The Morgan fingerprint density at radius 3 is 2.60 bits per heavy atom. The second-order valence-electron chi connectivity index (χ2n) is 5.25. The van der Waals surface area contributed by atoms with Crippen LogP contribution in [0.25, 0.3) is 0 Å². The first-order valence-corrected chi connectivity index (χ1v) is 7.27. The van der Waals surface area contributed by atoms with Gasteiger partial charge in [-0.25, -0.2) is 4.79 Å². The van der Waals surface area contributed by atoms with Gasteiger partial charge >= 0.3 is 5.97 Å². The number of carbonyl (C=O) groups excluding carboxylic acids is 1. The molecule has 0 aromatic heterocycles. The summed E-state index contributed by atoms with van der Waals surface area (Å²) in [5, 5.41) is 12.2. The van der Waals surface area contributed by atoms with Crippen LogP contribution in [0.5, 0.6) is 0 Å². The first-order chi connectivity index (χ1) is 9.56. The van der Waals surface area contributed by atoms with E-state index < -0.39 is 5.97 Å². The van der Waals surface area contributed by atoms with Crippen molar-refractivity contribution < 1.29 is 14.7 Å². The monoisotopic (exact) mass is 295 g/mol. The lowest BCUT2D eigenvalue weighted by molar-refractivity contribution is -0.117. The molecule has 2 rings (SSSR count). The van der Waals surface area contributed by atoms with E-state index in [0.717, 1.165) is 12.8 Å². The quantitative estimate of drug-likeness (QED) is 0.884. The highest BCUT2D eigenvalue weighted by Crippen LogP contribution is 2.27. The maximum atomic E-state index is 12.0. The van der Waals surface area contributed by atoms with E-state index in [2.05, 4.69) is 5.32 Å². The van der Waals surface area contributed by atoms with Gasteiger partial charge in [0.2, 0.25) is 5.91 Å². The molecular formula is C15H18ClNO3. The smallest absolute Gasteiger partial charge is 0.337 e. The third kappa shape index (κ3) is 3.97. The van der Waals surface area contributed by atoms with Crippen molar-refractivity contribution in [1.29, 1.82) is 0 Å². The molecule has 2 N–H and O–H groups in total. The molecule has 1 aromatic carbocycles. The molecule has 1 amide bonds. The van der Waals surface area contributed by atoms with E-state index in [1.54, 1.807) is 0 Å². The summed E-state index contributed by atoms with van der Waals surface area (Å²) in [7, 11) is 0. The highest BCUT2D eigenvalue weighted by Gasteiger charge is 2.19. The van der Waals surface area contributed by atoms with Gasteiger partial charge in [-0.05, 0) is 37.0 Å². The van der Waals surface area contributed by atoms with Gasteiger partial charge in [-0.1, -0.05) is 30.9 Å². The maximum Gasteiger partial charge on any atom is 0.337 e. The molecule has 4 nitrogen and oxygen atoms in total. The molecular weight excluding hydrogens is 278 g/mol. The predicted octanol–water partition coefficient (Wildman–Crippen LogP) is 3.95. The summed E-state index contributed by atoms with van der Waals surface area (Å²) in [6.45, 7) is 0. The van der Waals surface area contributed by atoms with Gasteiger partial charge in [0.25, 0.3) is 0 Å². The number of benzene rings is 1. The van der Waals surface area contributed by atoms with E-state index >= 15 is 0 Å². The summed E-state index contributed by atoms with van der Waals surface area (Å²) >= 11 is 5.85. The fraction of sp³-hybridized carbons (Fsp3) is 0.467. The molecule has 1 aromatic rings. The van der Waals surface area contributed by atoms with Crippen molar-refractivity contribution in [2.75, 3.05) is 5.32 Å². The molecule has 0 radical (unpaired) electrons. The molecule has 0 saturated heterocycles. The molecule has 1 aliphatic rings. The van der Waals surface area contributed by atoms with E-state index in [-0.39, 0.29) is 17.2 Å². The van der Waals surface area contributed by atoms with E-state index in [4.69, 9.17) is 16.7 Å². The molecule has 20 heavy (non-hydrogen) atoms. The second kappa shape index (κ2) is 6.75. The third-order valence-electron chi connectivity index (χ3n) is 3.68. The van der Waals surface area contributed by atoms with E-state index in [9.17, 15) is 9.59 Å². The molecule has 0 atom stereocenters. The molecule has 1 aliphatic carbocycles. The van der Waals surface area contributed by atoms with Crippen LogP contribution in [0.15, 0.2) is 18.2 Å². The van der Waals surface area contributed by atoms with Crippen LogP contribution in [0.3, 0.4) is 0 Å². The first-order valence-electron chi connectivity index (χ1n) is 6.89. The number of nitrogens with one attached hydrogen (secondary N) is 1. The Balaban J connectivity index is 2.03. The number of rotatable bonds is 4.